The van der Waals surface area contributed by atoms with Gasteiger partial charge in [0, 0.05) is 74.6 Å². The van der Waals surface area contributed by atoms with Crippen LogP contribution in [0.4, 0.5) is 0 Å². The molecule has 0 spiro atoms. The molecule has 12 heteroatoms. The van der Waals surface area contributed by atoms with Crippen molar-refractivity contribution in [2.24, 2.45) is 16.7 Å². The zero-order valence-corrected chi connectivity index (χ0v) is 29.3. The van der Waals surface area contributed by atoms with E-state index in [1.807, 2.05) is 0 Å². The van der Waals surface area contributed by atoms with Gasteiger partial charge in [0.15, 0.2) is 0 Å². The Labute approximate surface area is 287 Å². The number of nitrogens with one attached hydrogen (secondary N) is 2. The maximum atomic E-state index is 14.9. The molecule has 0 bridgehead atoms. The van der Waals surface area contributed by atoms with Crippen molar-refractivity contribution < 1.29 is 27.5 Å². The summed E-state index contributed by atoms with van der Waals surface area (Å²) in [5.41, 5.74) is 6.33. The van der Waals surface area contributed by atoms with E-state index >= 15 is 0 Å². The minimum atomic E-state index is -3.99. The second-order valence-electron chi connectivity index (χ2n) is 15.6. The average molecular weight is 688 g/mol. The number of hydrogen-bond acceptors (Lipinski definition) is 7. The third kappa shape index (κ3) is 4.52. The standard InChI is InChI=1S/C37H45N5O6S/c1-40(2)49(45,46)39-34(43)32-27-15-42-28(14-26-29(47-3)13-12-23(33(26)42)22-8-5-4-6-9-22)30-24(31(27)32)10-7-11-25(30)35(44)41-18-36-16-38-17-37(36,19-41)21-48-20-36/h7,10,12-14,22,25,30,38H,4-6,8-9,11,15-21H2,1-3H3,(H,39,43)/t25-,30?,36?,37?/m1/s1. The normalized spacial score (nSPS) is 30.7. The number of carbonyl (C=O) groups excluding carboxylic acids is 2. The first-order chi connectivity index (χ1) is 23.6. The molecular formula is C37H45N5O6S. The van der Waals surface area contributed by atoms with Gasteiger partial charge < -0.3 is 24.3 Å². The summed E-state index contributed by atoms with van der Waals surface area (Å²) in [6.07, 6.45) is 10.6. The Hall–Kier alpha value is -3.45. The summed E-state index contributed by atoms with van der Waals surface area (Å²) in [5.74, 6) is 0.0592. The van der Waals surface area contributed by atoms with Gasteiger partial charge in [-0.05, 0) is 59.6 Å². The van der Waals surface area contributed by atoms with Crippen LogP contribution in [0, 0.1) is 16.7 Å². The van der Waals surface area contributed by atoms with Gasteiger partial charge in [0.25, 0.3) is 5.91 Å². The molecule has 7 aliphatic rings. The molecule has 2 N–H and O–H groups in total. The molecule has 2 amide bonds. The van der Waals surface area contributed by atoms with Crippen molar-refractivity contribution in [1.82, 2.24) is 23.8 Å². The molecule has 260 valence electrons. The predicted octanol–water partition coefficient (Wildman–Crippen LogP) is 3.35. The number of methoxy groups -OCH3 is 1. The lowest BCUT2D eigenvalue weighted by Crippen LogP contribution is -2.42. The quantitative estimate of drug-likeness (QED) is 0.478. The number of rotatable bonds is 6. The molecule has 1 saturated carbocycles. The molecule has 3 unspecified atom stereocenters. The number of allylic oxidation sites excluding steroid dienone is 4. The molecule has 11 nitrogen and oxygen atoms in total. The van der Waals surface area contributed by atoms with Crippen LogP contribution < -0.4 is 14.8 Å². The Morgan fingerprint density at radius 1 is 1.08 bits per heavy atom. The minimum absolute atomic E-state index is 0.0521. The minimum Gasteiger partial charge on any atom is -0.496 e. The lowest BCUT2D eigenvalue weighted by molar-refractivity contribution is -0.136. The van der Waals surface area contributed by atoms with Crippen LogP contribution in [0.3, 0.4) is 0 Å². The fourth-order valence-corrected chi connectivity index (χ4v) is 10.8. The maximum absolute atomic E-state index is 14.9. The highest BCUT2D eigenvalue weighted by Crippen LogP contribution is 2.57. The van der Waals surface area contributed by atoms with E-state index in [0.717, 1.165) is 69.3 Å². The molecule has 4 aliphatic heterocycles. The van der Waals surface area contributed by atoms with Crippen LogP contribution >= 0.6 is 0 Å². The van der Waals surface area contributed by atoms with Gasteiger partial charge >= 0.3 is 10.2 Å². The first kappa shape index (κ1) is 31.5. The van der Waals surface area contributed by atoms with Gasteiger partial charge in [0.2, 0.25) is 5.91 Å². The highest BCUT2D eigenvalue weighted by molar-refractivity contribution is 7.87. The third-order valence-corrected chi connectivity index (χ3v) is 14.2. The largest absolute Gasteiger partial charge is 0.496 e. The van der Waals surface area contributed by atoms with Gasteiger partial charge in [-0.2, -0.15) is 12.7 Å². The lowest BCUT2D eigenvalue weighted by atomic mass is 9.71. The van der Waals surface area contributed by atoms with E-state index in [9.17, 15) is 18.0 Å². The first-order valence-corrected chi connectivity index (χ1v) is 19.2. The van der Waals surface area contributed by atoms with Gasteiger partial charge in [-0.25, -0.2) is 4.72 Å². The number of carbonyl (C=O) groups is 2. The molecule has 3 saturated heterocycles. The Kier molecular flexibility index (Phi) is 7.09. The van der Waals surface area contributed by atoms with Crippen LogP contribution in [0.5, 0.6) is 5.75 Å². The van der Waals surface area contributed by atoms with E-state index in [1.165, 1.54) is 38.9 Å². The fraction of sp³-hybridized carbons (Fsp3) is 0.568. The summed E-state index contributed by atoms with van der Waals surface area (Å²) in [6, 6.07) is 6.52. The molecule has 0 radical (unpaired) electrons. The summed E-state index contributed by atoms with van der Waals surface area (Å²) < 4.78 is 43.1. The van der Waals surface area contributed by atoms with Crippen LogP contribution in [-0.4, -0.2) is 94.6 Å². The zero-order chi connectivity index (χ0) is 33.9. The van der Waals surface area contributed by atoms with Crippen LogP contribution in [0.25, 0.3) is 10.9 Å². The molecule has 1 aromatic carbocycles. The molecule has 4 fully saturated rings. The monoisotopic (exact) mass is 687 g/mol. The van der Waals surface area contributed by atoms with Gasteiger partial charge in [0.1, 0.15) is 5.75 Å². The van der Waals surface area contributed by atoms with Crippen molar-refractivity contribution >= 4 is 32.9 Å². The summed E-state index contributed by atoms with van der Waals surface area (Å²) in [6.45, 7) is 4.86. The molecule has 2 aromatic rings. The predicted molar refractivity (Wildman–Crippen MR) is 184 cm³/mol. The summed E-state index contributed by atoms with van der Waals surface area (Å²) in [5, 5.41) is 4.61. The summed E-state index contributed by atoms with van der Waals surface area (Å²) >= 11 is 0. The smallest absolute Gasteiger partial charge is 0.303 e. The number of hydrogen-bond donors (Lipinski definition) is 2. The second kappa shape index (κ2) is 11.0. The van der Waals surface area contributed by atoms with Crippen LogP contribution in [-0.2, 0) is 31.1 Å². The Morgan fingerprint density at radius 2 is 1.82 bits per heavy atom. The van der Waals surface area contributed by atoms with Crippen molar-refractivity contribution in [2.75, 3.05) is 60.6 Å². The number of amides is 2. The van der Waals surface area contributed by atoms with Gasteiger partial charge in [0.05, 0.1) is 37.3 Å². The van der Waals surface area contributed by atoms with Crippen molar-refractivity contribution in [3.05, 3.63) is 63.9 Å². The van der Waals surface area contributed by atoms with E-state index in [-0.39, 0.29) is 28.6 Å². The number of nitrogens with zero attached hydrogens (tertiary/aromatic N) is 3. The van der Waals surface area contributed by atoms with Crippen LogP contribution in [0.1, 0.15) is 61.6 Å². The number of benzene rings is 1. The van der Waals surface area contributed by atoms with Crippen molar-refractivity contribution in [2.45, 2.75) is 56.9 Å². The van der Waals surface area contributed by atoms with E-state index in [0.29, 0.717) is 50.8 Å². The van der Waals surface area contributed by atoms with Gasteiger partial charge in [-0.1, -0.05) is 37.5 Å². The van der Waals surface area contributed by atoms with Gasteiger partial charge in [-0.3, -0.25) is 9.59 Å². The number of ether oxygens (including phenoxy) is 2. The number of aromatic nitrogens is 1. The summed E-state index contributed by atoms with van der Waals surface area (Å²) in [7, 11) is 0.510. The first-order valence-electron chi connectivity index (χ1n) is 17.7. The Morgan fingerprint density at radius 3 is 2.51 bits per heavy atom. The molecule has 4 atom stereocenters. The molecule has 1 aromatic heterocycles. The average Bonchev–Trinajstić information content (AvgIpc) is 3.26. The molecule has 5 heterocycles. The van der Waals surface area contributed by atoms with Crippen molar-refractivity contribution in [1.29, 1.82) is 0 Å². The Bertz CT molecular complexity index is 1970. The Balaban J connectivity index is 1.19. The molecule has 3 aliphatic carbocycles. The van der Waals surface area contributed by atoms with E-state index in [1.54, 1.807) is 7.11 Å². The van der Waals surface area contributed by atoms with E-state index in [4.69, 9.17) is 9.47 Å². The molecule has 49 heavy (non-hydrogen) atoms. The topological polar surface area (TPSA) is 122 Å². The fourth-order valence-electron chi connectivity index (χ4n) is 10.2. The number of likely N-dealkylation sites (tertiary alicyclic amines) is 1. The molecular weight excluding hydrogens is 643 g/mol. The SMILES string of the molecule is COc1ccc(C2CCCCC2)c2c1cc1n2CC2=C(C(=O)NS(=O)(=O)N(C)C)C2=C2C=CC[C@@H](C(=O)N3CC45CNCC4(COC5)C3)C21. The van der Waals surface area contributed by atoms with Crippen LogP contribution in [0.15, 0.2) is 52.6 Å². The lowest BCUT2D eigenvalue weighted by Gasteiger charge is -2.34. The second-order valence-corrected chi connectivity index (χ2v) is 17.5. The highest BCUT2D eigenvalue weighted by Gasteiger charge is 2.65. The van der Waals surface area contributed by atoms with E-state index in [2.05, 4.69) is 49.9 Å². The van der Waals surface area contributed by atoms with Crippen LogP contribution in [0.2, 0.25) is 0 Å². The highest BCUT2D eigenvalue weighted by atomic mass is 32.2. The third-order valence-electron chi connectivity index (χ3n) is 12.8. The summed E-state index contributed by atoms with van der Waals surface area (Å²) in [4.78, 5) is 30.7. The maximum Gasteiger partial charge on any atom is 0.303 e. The number of fused-ring (bicyclic) bond motifs is 6. The van der Waals surface area contributed by atoms with Crippen molar-refractivity contribution in [3.63, 3.8) is 0 Å². The molecule has 9 rings (SSSR count). The van der Waals surface area contributed by atoms with Crippen molar-refractivity contribution in [3.8, 4) is 5.75 Å². The zero-order valence-electron chi connectivity index (χ0n) is 28.5. The van der Waals surface area contributed by atoms with E-state index < -0.39 is 16.1 Å². The van der Waals surface area contributed by atoms with Gasteiger partial charge in [-0.15, -0.1) is 0 Å².